The predicted molar refractivity (Wildman–Crippen MR) is 90.6 cm³/mol. The van der Waals surface area contributed by atoms with Gasteiger partial charge in [0, 0.05) is 0 Å². The number of para-hydroxylation sites is 2. The van der Waals surface area contributed by atoms with E-state index < -0.39 is 0 Å². The number of rotatable bonds is 7. The highest BCUT2D eigenvalue weighted by Gasteiger charge is 2.19. The third-order valence-electron chi connectivity index (χ3n) is 3.64. The van der Waals surface area contributed by atoms with E-state index in [-0.39, 0.29) is 30.3 Å². The number of ether oxygens (including phenoxy) is 2. The van der Waals surface area contributed by atoms with Gasteiger partial charge in [0.2, 0.25) is 0 Å². The highest BCUT2D eigenvalue weighted by atomic mass is 19.1. The van der Waals surface area contributed by atoms with Gasteiger partial charge in [0.1, 0.15) is 5.82 Å². The Labute approximate surface area is 141 Å². The fraction of sp³-hybridized carbons (Fsp3) is 0.316. The van der Waals surface area contributed by atoms with Gasteiger partial charge in [0.15, 0.2) is 18.1 Å². The van der Waals surface area contributed by atoms with Crippen molar-refractivity contribution in [3.05, 3.63) is 59.9 Å². The first-order valence-corrected chi connectivity index (χ1v) is 7.82. The van der Waals surface area contributed by atoms with E-state index in [4.69, 9.17) is 9.47 Å². The van der Waals surface area contributed by atoms with Gasteiger partial charge in [-0.25, -0.2) is 4.39 Å². The largest absolute Gasteiger partial charge is 0.493 e. The van der Waals surface area contributed by atoms with Gasteiger partial charge in [-0.3, -0.25) is 4.79 Å². The second kappa shape index (κ2) is 8.34. The predicted octanol–water partition coefficient (Wildman–Crippen LogP) is 3.73. The molecule has 2 aromatic carbocycles. The maximum absolute atomic E-state index is 13.1. The number of carbonyl (C=O) groups is 1. The fourth-order valence-corrected chi connectivity index (χ4v) is 2.40. The van der Waals surface area contributed by atoms with Crippen LogP contribution in [0.15, 0.2) is 48.5 Å². The highest BCUT2D eigenvalue weighted by Crippen LogP contribution is 2.26. The average Bonchev–Trinajstić information content (AvgIpc) is 2.58. The average molecular weight is 331 g/mol. The van der Waals surface area contributed by atoms with Crippen LogP contribution in [0.3, 0.4) is 0 Å². The first-order chi connectivity index (χ1) is 11.5. The summed E-state index contributed by atoms with van der Waals surface area (Å²) in [5.41, 5.74) is 0.858. The Morgan fingerprint density at radius 3 is 2.29 bits per heavy atom. The number of methoxy groups -OCH3 is 1. The fourth-order valence-electron chi connectivity index (χ4n) is 2.40. The summed E-state index contributed by atoms with van der Waals surface area (Å²) in [6.07, 6.45) is 0. The molecule has 0 saturated carbocycles. The van der Waals surface area contributed by atoms with Crippen molar-refractivity contribution in [2.24, 2.45) is 5.92 Å². The summed E-state index contributed by atoms with van der Waals surface area (Å²) in [4.78, 5) is 12.2. The quantitative estimate of drug-likeness (QED) is 0.841. The maximum atomic E-state index is 13.1. The van der Waals surface area contributed by atoms with E-state index in [1.807, 2.05) is 26.0 Å². The minimum Gasteiger partial charge on any atom is -0.493 e. The molecule has 0 aromatic heterocycles. The first-order valence-electron chi connectivity index (χ1n) is 7.82. The smallest absolute Gasteiger partial charge is 0.258 e. The molecule has 0 heterocycles. The molecule has 0 aliphatic heterocycles. The minimum absolute atomic E-state index is 0.120. The number of amides is 1. The molecule has 0 saturated heterocycles. The standard InChI is InChI=1S/C19H22FNO3/c1-13(2)19(14-8-10-15(20)11-9-14)21-18(22)12-24-17-7-5-4-6-16(17)23-3/h4-11,13,19H,12H2,1-3H3,(H,21,22). The lowest BCUT2D eigenvalue weighted by molar-refractivity contribution is -0.124. The van der Waals surface area contributed by atoms with Gasteiger partial charge in [-0.05, 0) is 35.7 Å². The van der Waals surface area contributed by atoms with Gasteiger partial charge < -0.3 is 14.8 Å². The highest BCUT2D eigenvalue weighted by molar-refractivity contribution is 5.78. The third-order valence-corrected chi connectivity index (χ3v) is 3.64. The zero-order valence-corrected chi connectivity index (χ0v) is 14.1. The molecule has 1 atom stereocenters. The van der Waals surface area contributed by atoms with E-state index in [1.54, 1.807) is 31.4 Å². The van der Waals surface area contributed by atoms with Crippen LogP contribution in [0.1, 0.15) is 25.5 Å². The molecular weight excluding hydrogens is 309 g/mol. The molecule has 24 heavy (non-hydrogen) atoms. The molecule has 0 aliphatic carbocycles. The lowest BCUT2D eigenvalue weighted by atomic mass is 9.96. The van der Waals surface area contributed by atoms with Crippen LogP contribution in [0.4, 0.5) is 4.39 Å². The molecule has 1 unspecified atom stereocenters. The Hall–Kier alpha value is -2.56. The Balaban J connectivity index is 1.99. The topological polar surface area (TPSA) is 47.6 Å². The zero-order chi connectivity index (χ0) is 17.5. The van der Waals surface area contributed by atoms with Crippen molar-refractivity contribution < 1.29 is 18.7 Å². The van der Waals surface area contributed by atoms with Crippen molar-refractivity contribution in [1.82, 2.24) is 5.32 Å². The Kier molecular flexibility index (Phi) is 6.18. The van der Waals surface area contributed by atoms with Gasteiger partial charge in [-0.2, -0.15) is 0 Å². The summed E-state index contributed by atoms with van der Waals surface area (Å²) >= 11 is 0. The van der Waals surface area contributed by atoms with Crippen LogP contribution in [0.5, 0.6) is 11.5 Å². The molecule has 2 aromatic rings. The van der Waals surface area contributed by atoms with Gasteiger partial charge in [0.05, 0.1) is 13.2 Å². The van der Waals surface area contributed by atoms with Crippen molar-refractivity contribution in [2.75, 3.05) is 13.7 Å². The Morgan fingerprint density at radius 1 is 1.08 bits per heavy atom. The molecule has 0 fully saturated rings. The number of hydrogen-bond acceptors (Lipinski definition) is 3. The Bertz CT molecular complexity index is 671. The van der Waals surface area contributed by atoms with Crippen LogP contribution in [0.25, 0.3) is 0 Å². The molecule has 2 rings (SSSR count). The summed E-state index contributed by atoms with van der Waals surface area (Å²) in [7, 11) is 1.55. The Morgan fingerprint density at radius 2 is 1.71 bits per heavy atom. The molecule has 1 N–H and O–H groups in total. The van der Waals surface area contributed by atoms with Gasteiger partial charge in [0.25, 0.3) is 5.91 Å². The minimum atomic E-state index is -0.299. The van der Waals surface area contributed by atoms with Crippen LogP contribution in [0.2, 0.25) is 0 Å². The van der Waals surface area contributed by atoms with Crippen molar-refractivity contribution in [2.45, 2.75) is 19.9 Å². The third kappa shape index (κ3) is 4.72. The molecule has 5 heteroatoms. The molecule has 0 spiro atoms. The molecule has 4 nitrogen and oxygen atoms in total. The van der Waals surface area contributed by atoms with Crippen molar-refractivity contribution in [1.29, 1.82) is 0 Å². The van der Waals surface area contributed by atoms with Crippen molar-refractivity contribution in [3.8, 4) is 11.5 Å². The van der Waals surface area contributed by atoms with E-state index in [2.05, 4.69) is 5.32 Å². The number of hydrogen-bond donors (Lipinski definition) is 1. The van der Waals surface area contributed by atoms with E-state index in [0.29, 0.717) is 11.5 Å². The number of nitrogens with one attached hydrogen (secondary N) is 1. The van der Waals surface area contributed by atoms with Crippen LogP contribution in [-0.4, -0.2) is 19.6 Å². The monoisotopic (exact) mass is 331 g/mol. The summed E-state index contributed by atoms with van der Waals surface area (Å²) in [6, 6.07) is 13.1. The normalized spacial score (nSPS) is 11.9. The SMILES string of the molecule is COc1ccccc1OCC(=O)NC(c1ccc(F)cc1)C(C)C. The van der Waals surface area contributed by atoms with Gasteiger partial charge >= 0.3 is 0 Å². The molecule has 128 valence electrons. The van der Waals surface area contributed by atoms with Crippen molar-refractivity contribution in [3.63, 3.8) is 0 Å². The van der Waals surface area contributed by atoms with E-state index in [9.17, 15) is 9.18 Å². The zero-order valence-electron chi connectivity index (χ0n) is 14.1. The van der Waals surface area contributed by atoms with Crippen LogP contribution in [0, 0.1) is 11.7 Å². The molecule has 0 bridgehead atoms. The van der Waals surface area contributed by atoms with Gasteiger partial charge in [-0.1, -0.05) is 38.1 Å². The molecule has 1 amide bonds. The molecule has 0 radical (unpaired) electrons. The van der Waals surface area contributed by atoms with Crippen molar-refractivity contribution >= 4 is 5.91 Å². The van der Waals surface area contributed by atoms with E-state index >= 15 is 0 Å². The molecular formula is C19H22FNO3. The number of benzene rings is 2. The molecule has 0 aliphatic rings. The van der Waals surface area contributed by atoms with Crippen LogP contribution >= 0.6 is 0 Å². The maximum Gasteiger partial charge on any atom is 0.258 e. The second-order valence-corrected chi connectivity index (χ2v) is 5.78. The van der Waals surface area contributed by atoms with Crippen LogP contribution in [-0.2, 0) is 4.79 Å². The lowest BCUT2D eigenvalue weighted by Crippen LogP contribution is -2.35. The first kappa shape index (κ1) is 17.8. The summed E-state index contributed by atoms with van der Waals surface area (Å²) in [6.45, 7) is 3.87. The summed E-state index contributed by atoms with van der Waals surface area (Å²) in [5, 5.41) is 2.93. The van der Waals surface area contributed by atoms with E-state index in [1.165, 1.54) is 12.1 Å². The van der Waals surface area contributed by atoms with Crippen LogP contribution < -0.4 is 14.8 Å². The van der Waals surface area contributed by atoms with E-state index in [0.717, 1.165) is 5.56 Å². The number of carbonyl (C=O) groups excluding carboxylic acids is 1. The summed E-state index contributed by atoms with van der Waals surface area (Å²) < 4.78 is 23.8. The second-order valence-electron chi connectivity index (χ2n) is 5.78. The lowest BCUT2D eigenvalue weighted by Gasteiger charge is -2.23. The summed E-state index contributed by atoms with van der Waals surface area (Å²) in [5.74, 6) is 0.698. The number of halogens is 1. The van der Waals surface area contributed by atoms with Gasteiger partial charge in [-0.15, -0.1) is 0 Å².